The number of carbonyl (C=O) groups excluding carboxylic acids is 2. The number of rotatable bonds is 4. The van der Waals surface area contributed by atoms with Gasteiger partial charge in [-0.15, -0.1) is 0 Å². The number of hydrogen-bond donors (Lipinski definition) is 1. The molecule has 6 nitrogen and oxygen atoms in total. The van der Waals surface area contributed by atoms with Crippen molar-refractivity contribution < 1.29 is 19.1 Å². The third-order valence-corrected chi connectivity index (χ3v) is 4.16. The number of primary amides is 1. The van der Waals surface area contributed by atoms with Crippen LogP contribution in [-0.2, 0) is 9.59 Å². The monoisotopic (exact) mass is 316 g/mol. The van der Waals surface area contributed by atoms with Gasteiger partial charge in [0.05, 0.1) is 0 Å². The Morgan fingerprint density at radius 3 is 2.91 bits per heavy atom. The molecule has 2 N–H and O–H groups in total. The third kappa shape index (κ3) is 3.64. The highest BCUT2D eigenvalue weighted by atomic mass is 16.7. The van der Waals surface area contributed by atoms with Crippen molar-refractivity contribution in [3.05, 3.63) is 29.8 Å². The largest absolute Gasteiger partial charge is 0.454 e. The molecule has 0 bridgehead atoms. The molecule has 3 rings (SSSR count). The highest BCUT2D eigenvalue weighted by molar-refractivity contribution is 5.92. The average molecular weight is 316 g/mol. The molecule has 0 aromatic heterocycles. The molecule has 1 aromatic rings. The minimum absolute atomic E-state index is 0.0878. The van der Waals surface area contributed by atoms with Gasteiger partial charge in [0.15, 0.2) is 11.5 Å². The molecular weight excluding hydrogens is 296 g/mol. The number of fused-ring (bicyclic) bond motifs is 1. The number of nitrogens with two attached hydrogens (primary N) is 1. The van der Waals surface area contributed by atoms with Crippen LogP contribution in [0.4, 0.5) is 0 Å². The number of hydrogen-bond acceptors (Lipinski definition) is 4. The van der Waals surface area contributed by atoms with Crippen molar-refractivity contribution in [2.75, 3.05) is 13.3 Å². The molecule has 1 atom stereocenters. The SMILES string of the molecule is NC(=O)CC1CCCCN1C(=O)C=Cc1ccc2c(c1)OCO2. The van der Waals surface area contributed by atoms with Gasteiger partial charge in [-0.2, -0.15) is 0 Å². The summed E-state index contributed by atoms with van der Waals surface area (Å²) in [7, 11) is 0. The van der Waals surface area contributed by atoms with Gasteiger partial charge >= 0.3 is 0 Å². The number of benzene rings is 1. The van der Waals surface area contributed by atoms with Gasteiger partial charge in [0.1, 0.15) is 0 Å². The van der Waals surface area contributed by atoms with Crippen LogP contribution in [0.1, 0.15) is 31.2 Å². The molecule has 1 unspecified atom stereocenters. The Morgan fingerprint density at radius 2 is 2.09 bits per heavy atom. The molecule has 1 aromatic carbocycles. The average Bonchev–Trinajstić information content (AvgIpc) is 3.00. The maximum atomic E-state index is 12.4. The standard InChI is InChI=1S/C17H20N2O4/c18-16(20)10-13-3-1-2-8-19(13)17(21)7-5-12-4-6-14-15(9-12)23-11-22-14/h4-7,9,13H,1-3,8,10-11H2,(H2,18,20). The first-order valence-electron chi connectivity index (χ1n) is 7.80. The smallest absolute Gasteiger partial charge is 0.246 e. The van der Waals surface area contributed by atoms with Crippen LogP contribution in [0.25, 0.3) is 6.08 Å². The first-order chi connectivity index (χ1) is 11.1. The van der Waals surface area contributed by atoms with E-state index in [4.69, 9.17) is 15.2 Å². The molecule has 0 spiro atoms. The second-order valence-electron chi connectivity index (χ2n) is 5.80. The molecule has 2 aliphatic rings. The number of nitrogens with zero attached hydrogens (tertiary/aromatic N) is 1. The summed E-state index contributed by atoms with van der Waals surface area (Å²) < 4.78 is 10.6. The quantitative estimate of drug-likeness (QED) is 0.857. The van der Waals surface area contributed by atoms with Crippen LogP contribution in [-0.4, -0.2) is 36.1 Å². The Labute approximate surface area is 134 Å². The minimum atomic E-state index is -0.366. The summed E-state index contributed by atoms with van der Waals surface area (Å²) in [6.07, 6.45) is 6.32. The lowest BCUT2D eigenvalue weighted by Gasteiger charge is -2.34. The summed E-state index contributed by atoms with van der Waals surface area (Å²) in [5.41, 5.74) is 6.15. The fourth-order valence-corrected chi connectivity index (χ4v) is 3.02. The van der Waals surface area contributed by atoms with Crippen LogP contribution in [0, 0.1) is 0 Å². The first-order valence-corrected chi connectivity index (χ1v) is 7.80. The summed E-state index contributed by atoms with van der Waals surface area (Å²) in [5, 5.41) is 0. The van der Waals surface area contributed by atoms with E-state index >= 15 is 0 Å². The molecule has 23 heavy (non-hydrogen) atoms. The fraction of sp³-hybridized carbons (Fsp3) is 0.412. The Hall–Kier alpha value is -2.50. The van der Waals surface area contributed by atoms with E-state index < -0.39 is 0 Å². The van der Waals surface area contributed by atoms with Crippen LogP contribution in [0.15, 0.2) is 24.3 Å². The molecule has 1 fully saturated rings. The predicted octanol–water partition coefficient (Wildman–Crippen LogP) is 1.68. The van der Waals surface area contributed by atoms with Gasteiger partial charge in [-0.1, -0.05) is 6.07 Å². The maximum Gasteiger partial charge on any atom is 0.246 e. The zero-order chi connectivity index (χ0) is 16.2. The van der Waals surface area contributed by atoms with Gasteiger partial charge in [-0.25, -0.2) is 0 Å². The Bertz CT molecular complexity index is 641. The highest BCUT2D eigenvalue weighted by Gasteiger charge is 2.26. The van der Waals surface area contributed by atoms with Crippen LogP contribution in [0.5, 0.6) is 11.5 Å². The van der Waals surface area contributed by atoms with E-state index in [9.17, 15) is 9.59 Å². The number of carbonyl (C=O) groups is 2. The topological polar surface area (TPSA) is 81.9 Å². The molecular formula is C17H20N2O4. The van der Waals surface area contributed by atoms with Crippen LogP contribution in [0.3, 0.4) is 0 Å². The van der Waals surface area contributed by atoms with E-state index in [0.29, 0.717) is 18.0 Å². The van der Waals surface area contributed by atoms with E-state index in [2.05, 4.69) is 0 Å². The van der Waals surface area contributed by atoms with E-state index in [1.165, 1.54) is 6.08 Å². The predicted molar refractivity (Wildman–Crippen MR) is 84.8 cm³/mol. The van der Waals surface area contributed by atoms with Crippen molar-refractivity contribution in [1.82, 2.24) is 4.90 Å². The summed E-state index contributed by atoms with van der Waals surface area (Å²) >= 11 is 0. The maximum absolute atomic E-state index is 12.4. The lowest BCUT2D eigenvalue weighted by atomic mass is 9.99. The molecule has 2 amide bonds. The van der Waals surface area contributed by atoms with Crippen molar-refractivity contribution in [1.29, 1.82) is 0 Å². The third-order valence-electron chi connectivity index (χ3n) is 4.16. The van der Waals surface area contributed by atoms with Gasteiger partial charge in [0.25, 0.3) is 0 Å². The van der Waals surface area contributed by atoms with Gasteiger partial charge in [-0.05, 0) is 43.0 Å². The Balaban J connectivity index is 1.68. The minimum Gasteiger partial charge on any atom is -0.454 e. The highest BCUT2D eigenvalue weighted by Crippen LogP contribution is 2.32. The van der Waals surface area contributed by atoms with E-state index in [0.717, 1.165) is 24.8 Å². The lowest BCUT2D eigenvalue weighted by molar-refractivity contribution is -0.130. The van der Waals surface area contributed by atoms with Crippen LogP contribution in [0.2, 0.25) is 0 Å². The number of ether oxygens (including phenoxy) is 2. The van der Waals surface area contributed by atoms with Gasteiger partial charge in [-0.3, -0.25) is 9.59 Å². The van der Waals surface area contributed by atoms with Gasteiger partial charge in [0, 0.05) is 25.1 Å². The molecule has 122 valence electrons. The van der Waals surface area contributed by atoms with E-state index in [1.54, 1.807) is 11.0 Å². The molecule has 1 saturated heterocycles. The summed E-state index contributed by atoms with van der Waals surface area (Å²) in [6, 6.07) is 5.44. The Morgan fingerprint density at radius 1 is 1.26 bits per heavy atom. The summed E-state index contributed by atoms with van der Waals surface area (Å²) in [5.74, 6) is 0.943. The van der Waals surface area contributed by atoms with Crippen molar-refractivity contribution in [2.24, 2.45) is 5.73 Å². The number of amides is 2. The van der Waals surface area contributed by atoms with E-state index in [1.807, 2.05) is 18.2 Å². The van der Waals surface area contributed by atoms with Crippen LogP contribution >= 0.6 is 0 Å². The first kappa shape index (κ1) is 15.4. The summed E-state index contributed by atoms with van der Waals surface area (Å²) in [6.45, 7) is 0.895. The Kier molecular flexibility index (Phi) is 4.50. The fourth-order valence-electron chi connectivity index (χ4n) is 3.02. The van der Waals surface area contributed by atoms with Gasteiger partial charge < -0.3 is 20.1 Å². The number of likely N-dealkylation sites (tertiary alicyclic amines) is 1. The van der Waals surface area contributed by atoms with Crippen molar-refractivity contribution in [3.63, 3.8) is 0 Å². The molecule has 6 heteroatoms. The second kappa shape index (κ2) is 6.73. The normalized spacial score (nSPS) is 20.0. The van der Waals surface area contributed by atoms with Crippen molar-refractivity contribution >= 4 is 17.9 Å². The molecule has 0 radical (unpaired) electrons. The molecule has 2 aliphatic heterocycles. The van der Waals surface area contributed by atoms with Crippen LogP contribution < -0.4 is 15.2 Å². The van der Waals surface area contributed by atoms with Gasteiger partial charge in [0.2, 0.25) is 18.6 Å². The van der Waals surface area contributed by atoms with Crippen molar-refractivity contribution in [3.8, 4) is 11.5 Å². The van der Waals surface area contributed by atoms with Crippen molar-refractivity contribution in [2.45, 2.75) is 31.7 Å². The molecule has 2 heterocycles. The molecule has 0 saturated carbocycles. The lowest BCUT2D eigenvalue weighted by Crippen LogP contribution is -2.44. The zero-order valence-electron chi connectivity index (χ0n) is 12.9. The second-order valence-corrected chi connectivity index (χ2v) is 5.80. The zero-order valence-corrected chi connectivity index (χ0v) is 12.9. The summed E-state index contributed by atoms with van der Waals surface area (Å²) in [4.78, 5) is 25.3. The number of piperidine rings is 1. The van der Waals surface area contributed by atoms with E-state index in [-0.39, 0.29) is 31.1 Å². The molecule has 0 aliphatic carbocycles.